The number of carbonyl (C=O) groups excluding carboxylic acids is 1. The van der Waals surface area contributed by atoms with Gasteiger partial charge in [0.05, 0.1) is 6.10 Å². The first kappa shape index (κ1) is 11.6. The van der Waals surface area contributed by atoms with Gasteiger partial charge in [0.2, 0.25) is 0 Å². The van der Waals surface area contributed by atoms with Crippen LogP contribution in [-0.2, 0) is 11.2 Å². The smallest absolute Gasteiger partial charge is 0.168 e. The van der Waals surface area contributed by atoms with Gasteiger partial charge in [-0.15, -0.1) is 0 Å². The summed E-state index contributed by atoms with van der Waals surface area (Å²) in [5, 5.41) is 0. The molecule has 0 aliphatic carbocycles. The Morgan fingerprint density at radius 1 is 1.40 bits per heavy atom. The van der Waals surface area contributed by atoms with Crippen molar-refractivity contribution in [2.75, 3.05) is 0 Å². The molecule has 2 nitrogen and oxygen atoms in total. The maximum atomic E-state index is 13.3. The molecule has 0 fully saturated rings. The highest BCUT2D eigenvalue weighted by Crippen LogP contribution is 2.25. The van der Waals surface area contributed by atoms with Crippen molar-refractivity contribution < 1.29 is 18.3 Å². The molecule has 1 aromatic rings. The maximum absolute atomic E-state index is 13.3. The highest BCUT2D eigenvalue weighted by atomic mass is 19.1. The maximum Gasteiger partial charge on any atom is 0.168 e. The van der Waals surface area contributed by atoms with Gasteiger partial charge in [0, 0.05) is 18.1 Å². The summed E-state index contributed by atoms with van der Waals surface area (Å²) in [5.41, 5.74) is 0.233. The van der Waals surface area contributed by atoms with Gasteiger partial charge in [-0.3, -0.25) is 0 Å². The molecule has 0 unspecified atom stereocenters. The molecule has 0 radical (unpaired) electrons. The Hall–Kier alpha value is -1.45. The molecular weight excluding hydrogens is 202 g/mol. The molecule has 0 atom stereocenters. The Morgan fingerprint density at radius 2 is 2.07 bits per heavy atom. The zero-order chi connectivity index (χ0) is 11.4. The molecule has 0 spiro atoms. The molecule has 4 heteroatoms. The number of hydrogen-bond donors (Lipinski definition) is 0. The molecule has 0 aliphatic heterocycles. The summed E-state index contributed by atoms with van der Waals surface area (Å²) in [6.07, 6.45) is 0.299. The molecule has 1 aromatic carbocycles. The van der Waals surface area contributed by atoms with Gasteiger partial charge in [0.1, 0.15) is 12.1 Å². The Morgan fingerprint density at radius 3 is 2.60 bits per heavy atom. The fourth-order valence-electron chi connectivity index (χ4n) is 1.22. The van der Waals surface area contributed by atoms with E-state index in [1.54, 1.807) is 13.8 Å². The molecule has 0 heterocycles. The van der Waals surface area contributed by atoms with Crippen LogP contribution in [0, 0.1) is 11.6 Å². The van der Waals surface area contributed by atoms with Gasteiger partial charge in [0.25, 0.3) is 0 Å². The molecular formula is C11H12F2O2. The molecule has 0 aliphatic rings. The lowest BCUT2D eigenvalue weighted by Crippen LogP contribution is -2.10. The molecule has 82 valence electrons. The van der Waals surface area contributed by atoms with E-state index in [9.17, 15) is 13.6 Å². The molecule has 0 aromatic heterocycles. The molecule has 1 rings (SSSR count). The van der Waals surface area contributed by atoms with E-state index < -0.39 is 11.6 Å². The highest BCUT2D eigenvalue weighted by molar-refractivity contribution is 5.57. The fourth-order valence-corrected chi connectivity index (χ4v) is 1.22. The molecule has 0 saturated carbocycles. The van der Waals surface area contributed by atoms with Crippen LogP contribution in [-0.4, -0.2) is 12.4 Å². The highest BCUT2D eigenvalue weighted by Gasteiger charge is 2.13. The third kappa shape index (κ3) is 3.01. The summed E-state index contributed by atoms with van der Waals surface area (Å²) in [6.45, 7) is 3.46. The van der Waals surface area contributed by atoms with Gasteiger partial charge in [-0.2, -0.15) is 0 Å². The van der Waals surface area contributed by atoms with E-state index in [0.717, 1.165) is 12.1 Å². The lowest BCUT2D eigenvalue weighted by Gasteiger charge is -2.14. The monoisotopic (exact) mass is 214 g/mol. The lowest BCUT2D eigenvalue weighted by molar-refractivity contribution is -0.107. The Kier molecular flexibility index (Phi) is 3.77. The van der Waals surface area contributed by atoms with Gasteiger partial charge in [-0.25, -0.2) is 8.78 Å². The normalized spacial score (nSPS) is 10.5. The number of carbonyl (C=O) groups is 1. The van der Waals surface area contributed by atoms with Gasteiger partial charge in [-0.1, -0.05) is 0 Å². The summed E-state index contributed by atoms with van der Waals surface area (Å²) in [5.74, 6) is -1.53. The van der Waals surface area contributed by atoms with Crippen LogP contribution in [0.2, 0.25) is 0 Å². The Labute approximate surface area is 86.9 Å². The predicted molar refractivity (Wildman–Crippen MR) is 51.9 cm³/mol. The van der Waals surface area contributed by atoms with E-state index in [-0.39, 0.29) is 23.8 Å². The third-order valence-electron chi connectivity index (χ3n) is 1.74. The first-order chi connectivity index (χ1) is 7.04. The van der Waals surface area contributed by atoms with Crippen molar-refractivity contribution in [2.45, 2.75) is 26.4 Å². The molecule has 0 amide bonds. The average Bonchev–Trinajstić information content (AvgIpc) is 2.11. The number of rotatable bonds is 4. The number of aldehydes is 1. The summed E-state index contributed by atoms with van der Waals surface area (Å²) in [7, 11) is 0. The first-order valence-corrected chi connectivity index (χ1v) is 4.62. The van der Waals surface area contributed by atoms with Crippen molar-refractivity contribution in [1.82, 2.24) is 0 Å². The van der Waals surface area contributed by atoms with Crippen molar-refractivity contribution in [3.05, 3.63) is 29.3 Å². The number of hydrogen-bond acceptors (Lipinski definition) is 2. The number of halogens is 2. The van der Waals surface area contributed by atoms with Gasteiger partial charge >= 0.3 is 0 Å². The summed E-state index contributed by atoms with van der Waals surface area (Å²) >= 11 is 0. The zero-order valence-corrected chi connectivity index (χ0v) is 8.59. The second-order valence-electron chi connectivity index (χ2n) is 3.41. The molecule has 0 N–H and O–H groups in total. The Bertz CT molecular complexity index is 362. The van der Waals surface area contributed by atoms with E-state index in [1.165, 1.54) is 0 Å². The SMILES string of the molecule is CC(C)Oc1c(F)cc(F)cc1CC=O. The van der Waals surface area contributed by atoms with E-state index in [4.69, 9.17) is 4.74 Å². The lowest BCUT2D eigenvalue weighted by atomic mass is 10.1. The largest absolute Gasteiger partial charge is 0.488 e. The number of benzene rings is 1. The Balaban J connectivity index is 3.13. The summed E-state index contributed by atoms with van der Waals surface area (Å²) in [6, 6.07) is 1.85. The van der Waals surface area contributed by atoms with Crippen LogP contribution >= 0.6 is 0 Å². The topological polar surface area (TPSA) is 26.3 Å². The fraction of sp³-hybridized carbons (Fsp3) is 0.364. The van der Waals surface area contributed by atoms with Crippen molar-refractivity contribution in [3.8, 4) is 5.75 Å². The van der Waals surface area contributed by atoms with Gasteiger partial charge < -0.3 is 9.53 Å². The quantitative estimate of drug-likeness (QED) is 0.720. The van der Waals surface area contributed by atoms with Crippen molar-refractivity contribution in [2.24, 2.45) is 0 Å². The minimum absolute atomic E-state index is 0.0431. The second kappa shape index (κ2) is 4.87. The van der Waals surface area contributed by atoms with Crippen LogP contribution in [0.1, 0.15) is 19.4 Å². The first-order valence-electron chi connectivity index (χ1n) is 4.62. The van der Waals surface area contributed by atoms with Crippen LogP contribution in [0.15, 0.2) is 12.1 Å². The molecule has 0 saturated heterocycles. The van der Waals surface area contributed by atoms with E-state index in [0.29, 0.717) is 6.29 Å². The van der Waals surface area contributed by atoms with Crippen LogP contribution < -0.4 is 4.74 Å². The summed E-state index contributed by atoms with van der Waals surface area (Å²) < 4.78 is 31.4. The van der Waals surface area contributed by atoms with Crippen LogP contribution in [0.3, 0.4) is 0 Å². The minimum atomic E-state index is -0.777. The predicted octanol–water partition coefficient (Wildman–Crippen LogP) is 2.49. The molecule has 0 bridgehead atoms. The van der Waals surface area contributed by atoms with Crippen molar-refractivity contribution >= 4 is 6.29 Å². The standard InChI is InChI=1S/C11H12F2O2/c1-7(2)15-11-8(3-4-14)5-9(12)6-10(11)13/h4-7H,3H2,1-2H3. The average molecular weight is 214 g/mol. The van der Waals surface area contributed by atoms with Crippen LogP contribution in [0.5, 0.6) is 5.75 Å². The molecule has 15 heavy (non-hydrogen) atoms. The zero-order valence-electron chi connectivity index (χ0n) is 8.59. The summed E-state index contributed by atoms with van der Waals surface area (Å²) in [4.78, 5) is 10.3. The van der Waals surface area contributed by atoms with Crippen LogP contribution in [0.4, 0.5) is 8.78 Å². The van der Waals surface area contributed by atoms with Gasteiger partial charge in [-0.05, 0) is 19.9 Å². The van der Waals surface area contributed by atoms with E-state index in [1.807, 2.05) is 0 Å². The van der Waals surface area contributed by atoms with Gasteiger partial charge in [0.15, 0.2) is 11.6 Å². The van der Waals surface area contributed by atoms with Crippen LogP contribution in [0.25, 0.3) is 0 Å². The minimum Gasteiger partial charge on any atom is -0.488 e. The van der Waals surface area contributed by atoms with E-state index in [2.05, 4.69) is 0 Å². The van der Waals surface area contributed by atoms with Crippen molar-refractivity contribution in [3.63, 3.8) is 0 Å². The van der Waals surface area contributed by atoms with Crippen molar-refractivity contribution in [1.29, 1.82) is 0 Å². The third-order valence-corrected chi connectivity index (χ3v) is 1.74. The van der Waals surface area contributed by atoms with E-state index >= 15 is 0 Å². The second-order valence-corrected chi connectivity index (χ2v) is 3.41. The number of ether oxygens (including phenoxy) is 1.